The summed E-state index contributed by atoms with van der Waals surface area (Å²) in [6, 6.07) is 6.83. The van der Waals surface area contributed by atoms with E-state index >= 15 is 0 Å². The first kappa shape index (κ1) is 22.5. The van der Waals surface area contributed by atoms with E-state index in [0.29, 0.717) is 24.9 Å². The molecule has 2 aliphatic rings. The van der Waals surface area contributed by atoms with Gasteiger partial charge in [0.15, 0.2) is 8.32 Å². The summed E-state index contributed by atoms with van der Waals surface area (Å²) >= 11 is 0. The Hall–Kier alpha value is -1.69. The van der Waals surface area contributed by atoms with Crippen LogP contribution < -0.4 is 0 Å². The summed E-state index contributed by atoms with van der Waals surface area (Å²) < 4.78 is 6.38. The van der Waals surface area contributed by atoms with Gasteiger partial charge in [0.05, 0.1) is 0 Å². The third kappa shape index (κ3) is 4.20. The number of nitrogens with zero attached hydrogens (tertiary/aromatic N) is 1. The minimum atomic E-state index is -1.78. The predicted molar refractivity (Wildman–Crippen MR) is 132 cm³/mol. The van der Waals surface area contributed by atoms with E-state index in [4.69, 9.17) is 4.43 Å². The molecular weight excluding hydrogens is 400 g/mol. The molecule has 168 valence electrons. The molecule has 0 radical (unpaired) electrons. The number of likely N-dealkylation sites (N-methyl/N-ethyl adjacent to an activating group) is 1. The second-order valence-electron chi connectivity index (χ2n) is 11.3. The molecule has 1 aliphatic heterocycles. The van der Waals surface area contributed by atoms with Crippen molar-refractivity contribution >= 4 is 30.6 Å². The van der Waals surface area contributed by atoms with Crippen molar-refractivity contribution in [3.8, 4) is 0 Å². The van der Waals surface area contributed by atoms with Gasteiger partial charge in [0.25, 0.3) is 0 Å². The van der Waals surface area contributed by atoms with Gasteiger partial charge in [-0.15, -0.1) is 0 Å². The lowest BCUT2D eigenvalue weighted by molar-refractivity contribution is -0.123. The molecule has 0 amide bonds. The van der Waals surface area contributed by atoms with Gasteiger partial charge in [-0.25, -0.2) is 0 Å². The number of Topliss-reactive ketones (excluding diaryl/α,β-unsaturated/α-hetero) is 1. The fraction of sp³-hybridized carbons (Fsp3) is 0.577. The van der Waals surface area contributed by atoms with E-state index in [1.54, 1.807) is 0 Å². The second-order valence-corrected chi connectivity index (χ2v) is 16.1. The van der Waals surface area contributed by atoms with Gasteiger partial charge >= 0.3 is 0 Å². The van der Waals surface area contributed by atoms with Crippen LogP contribution in [0.2, 0.25) is 18.1 Å². The molecule has 0 bridgehead atoms. The fourth-order valence-corrected chi connectivity index (χ4v) is 5.91. The topological polar surface area (TPSA) is 45.3 Å². The van der Waals surface area contributed by atoms with Crippen molar-refractivity contribution in [1.82, 2.24) is 9.88 Å². The molecule has 0 spiro atoms. The van der Waals surface area contributed by atoms with Gasteiger partial charge in [-0.1, -0.05) is 45.9 Å². The number of H-pyrrole nitrogens is 1. The molecule has 2 aromatic rings. The van der Waals surface area contributed by atoms with Crippen LogP contribution in [0.1, 0.15) is 45.2 Å². The van der Waals surface area contributed by atoms with Crippen LogP contribution in [0, 0.1) is 11.8 Å². The number of benzene rings is 1. The summed E-state index contributed by atoms with van der Waals surface area (Å²) in [5, 5.41) is 1.53. The Morgan fingerprint density at radius 1 is 1.32 bits per heavy atom. The van der Waals surface area contributed by atoms with Crippen LogP contribution in [-0.4, -0.2) is 50.2 Å². The van der Waals surface area contributed by atoms with Crippen molar-refractivity contribution in [1.29, 1.82) is 0 Å². The summed E-state index contributed by atoms with van der Waals surface area (Å²) in [7, 11) is 0.386. The Kier molecular flexibility index (Phi) is 5.82. The first-order valence-electron chi connectivity index (χ1n) is 11.7. The van der Waals surface area contributed by atoms with Crippen LogP contribution in [0.25, 0.3) is 16.5 Å². The number of hydrogen-bond acceptors (Lipinski definition) is 3. The number of hydrogen-bond donors (Lipinski definition) is 1. The maximum Gasteiger partial charge on any atom is 0.191 e. The molecule has 4 rings (SSSR count). The Morgan fingerprint density at radius 2 is 2.06 bits per heavy atom. The van der Waals surface area contributed by atoms with Crippen molar-refractivity contribution in [2.45, 2.75) is 64.7 Å². The zero-order chi connectivity index (χ0) is 22.6. The van der Waals surface area contributed by atoms with Gasteiger partial charge in [0.1, 0.15) is 5.78 Å². The Morgan fingerprint density at radius 3 is 2.77 bits per heavy atom. The Bertz CT molecular complexity index is 1010. The quantitative estimate of drug-likeness (QED) is 0.592. The SMILES string of the molecule is C[C@@H](CO[Si](C)(C)C(C)(C)C)CC(=O)[C@@H]1C=C2c3cccc4[nH]cc(c34)C[C@H]2N(C)C1. The van der Waals surface area contributed by atoms with Crippen molar-refractivity contribution in [3.05, 3.63) is 41.6 Å². The number of ketones is 1. The van der Waals surface area contributed by atoms with Gasteiger partial charge in [0, 0.05) is 48.6 Å². The summed E-state index contributed by atoms with van der Waals surface area (Å²) in [5.74, 6) is 0.549. The lowest BCUT2D eigenvalue weighted by atomic mass is 9.78. The van der Waals surface area contributed by atoms with E-state index in [1.807, 2.05) is 0 Å². The van der Waals surface area contributed by atoms with Gasteiger partial charge in [-0.05, 0) is 60.3 Å². The first-order valence-corrected chi connectivity index (χ1v) is 14.6. The van der Waals surface area contributed by atoms with Crippen LogP contribution in [0.15, 0.2) is 30.5 Å². The molecule has 0 fully saturated rings. The minimum Gasteiger partial charge on any atom is -0.417 e. The molecular formula is C26H38N2O2Si. The zero-order valence-corrected chi connectivity index (χ0v) is 21.2. The lowest BCUT2D eigenvalue weighted by Gasteiger charge is -2.40. The molecule has 31 heavy (non-hydrogen) atoms. The number of fused-ring (bicyclic) bond motifs is 2. The molecule has 1 aromatic carbocycles. The normalized spacial score (nSPS) is 22.9. The van der Waals surface area contributed by atoms with Gasteiger partial charge in [0.2, 0.25) is 0 Å². The van der Waals surface area contributed by atoms with E-state index in [9.17, 15) is 4.79 Å². The van der Waals surface area contributed by atoms with E-state index in [1.165, 1.54) is 27.6 Å². The monoisotopic (exact) mass is 438 g/mol. The molecule has 4 nitrogen and oxygen atoms in total. The molecule has 5 heteroatoms. The van der Waals surface area contributed by atoms with Crippen LogP contribution in [-0.2, 0) is 15.6 Å². The Labute approximate surface area is 188 Å². The number of rotatable bonds is 6. The molecule has 1 aromatic heterocycles. The molecule has 0 saturated carbocycles. The highest BCUT2D eigenvalue weighted by molar-refractivity contribution is 6.74. The molecule has 3 atom stereocenters. The number of aromatic nitrogens is 1. The second kappa shape index (κ2) is 8.02. The largest absolute Gasteiger partial charge is 0.417 e. The van der Waals surface area contributed by atoms with E-state index in [0.717, 1.165) is 13.0 Å². The average Bonchev–Trinajstić information content (AvgIpc) is 3.10. The zero-order valence-electron chi connectivity index (χ0n) is 20.2. The Balaban J connectivity index is 1.49. The van der Waals surface area contributed by atoms with Crippen LogP contribution >= 0.6 is 0 Å². The van der Waals surface area contributed by atoms with Crippen LogP contribution in [0.3, 0.4) is 0 Å². The number of nitrogens with one attached hydrogen (secondary N) is 1. The highest BCUT2D eigenvalue weighted by Gasteiger charge is 2.38. The summed E-state index contributed by atoms with van der Waals surface area (Å²) in [6.45, 7) is 15.0. The molecule has 0 saturated heterocycles. The molecule has 2 heterocycles. The van der Waals surface area contributed by atoms with E-state index < -0.39 is 8.32 Å². The maximum atomic E-state index is 13.3. The summed E-state index contributed by atoms with van der Waals surface area (Å²) in [6.07, 6.45) is 6.03. The first-order chi connectivity index (χ1) is 14.5. The molecule has 1 N–H and O–H groups in total. The molecule has 1 aliphatic carbocycles. The van der Waals surface area contributed by atoms with Crippen molar-refractivity contribution < 1.29 is 9.22 Å². The highest BCUT2D eigenvalue weighted by atomic mass is 28.4. The van der Waals surface area contributed by atoms with Gasteiger partial charge < -0.3 is 9.41 Å². The maximum absolute atomic E-state index is 13.3. The van der Waals surface area contributed by atoms with Gasteiger partial charge in [-0.2, -0.15) is 0 Å². The molecule has 0 unspecified atom stereocenters. The van der Waals surface area contributed by atoms with Crippen molar-refractivity contribution in [2.24, 2.45) is 11.8 Å². The highest BCUT2D eigenvalue weighted by Crippen LogP contribution is 2.41. The summed E-state index contributed by atoms with van der Waals surface area (Å²) in [5.41, 5.74) is 5.21. The standard InChI is InChI=1S/C26H38N2O2Si/c1-17(16-30-31(6,7)26(2,3)4)11-24(29)19-12-21-20-9-8-10-22-25(20)18(14-27-22)13-23(21)28(5)15-19/h8-10,12,14,17,19,23,27H,11,13,15-16H2,1-7H3/t17-,19-,23-/m1/s1. The number of carbonyl (C=O) groups is 1. The number of aromatic amines is 1. The van der Waals surface area contributed by atoms with Gasteiger partial charge in [-0.3, -0.25) is 9.69 Å². The average molecular weight is 439 g/mol. The summed E-state index contributed by atoms with van der Waals surface area (Å²) in [4.78, 5) is 19.1. The smallest absolute Gasteiger partial charge is 0.191 e. The fourth-order valence-electron chi connectivity index (χ4n) is 4.77. The van der Waals surface area contributed by atoms with Crippen molar-refractivity contribution in [3.63, 3.8) is 0 Å². The van der Waals surface area contributed by atoms with Crippen LogP contribution in [0.5, 0.6) is 0 Å². The third-order valence-corrected chi connectivity index (χ3v) is 12.3. The lowest BCUT2D eigenvalue weighted by Crippen LogP contribution is -2.44. The third-order valence-electron chi connectivity index (χ3n) is 7.77. The minimum absolute atomic E-state index is 0.0395. The van der Waals surface area contributed by atoms with E-state index in [2.05, 4.69) is 88.2 Å². The van der Waals surface area contributed by atoms with Crippen LogP contribution in [0.4, 0.5) is 0 Å². The van der Waals surface area contributed by atoms with E-state index in [-0.39, 0.29) is 16.9 Å². The predicted octanol–water partition coefficient (Wildman–Crippen LogP) is 5.65. The van der Waals surface area contributed by atoms with Crippen molar-refractivity contribution in [2.75, 3.05) is 20.2 Å². The number of carbonyl (C=O) groups excluding carboxylic acids is 1.